The molecule has 1 fully saturated rings. The van der Waals surface area contributed by atoms with Crippen LogP contribution in [0.3, 0.4) is 0 Å². The molecule has 0 bridgehead atoms. The van der Waals surface area contributed by atoms with Crippen molar-refractivity contribution in [3.8, 4) is 11.4 Å². The highest BCUT2D eigenvalue weighted by Crippen LogP contribution is 2.26. The van der Waals surface area contributed by atoms with Crippen molar-refractivity contribution < 1.29 is 13.9 Å². The number of carbonyl (C=O) groups excluding carboxylic acids is 1. The van der Waals surface area contributed by atoms with Crippen LogP contribution in [0.25, 0.3) is 5.69 Å². The van der Waals surface area contributed by atoms with E-state index in [2.05, 4.69) is 27.3 Å². The normalized spacial score (nSPS) is 15.1. The number of halogens is 1. The van der Waals surface area contributed by atoms with E-state index in [0.717, 1.165) is 37.2 Å². The van der Waals surface area contributed by atoms with Gasteiger partial charge < -0.3 is 10.1 Å². The maximum absolute atomic E-state index is 13.2. The number of nitrogens with zero attached hydrogens (tertiary/aromatic N) is 3. The number of imidazole rings is 1. The first-order valence-corrected chi connectivity index (χ1v) is 10.1. The number of hydrogen-bond donors (Lipinski definition) is 1. The highest BCUT2D eigenvalue weighted by Gasteiger charge is 2.25. The molecule has 7 heteroatoms. The molecule has 4 rings (SSSR count). The van der Waals surface area contributed by atoms with Crippen molar-refractivity contribution in [3.63, 3.8) is 0 Å². The lowest BCUT2D eigenvalue weighted by Crippen LogP contribution is -2.37. The highest BCUT2D eigenvalue weighted by atomic mass is 19.1. The van der Waals surface area contributed by atoms with Gasteiger partial charge in [0, 0.05) is 12.2 Å². The van der Waals surface area contributed by atoms with Gasteiger partial charge in [-0.25, -0.2) is 9.37 Å². The summed E-state index contributed by atoms with van der Waals surface area (Å²) in [4.78, 5) is 19.4. The SMILES string of the molecule is COc1ccc(C(CNC(=O)c2cncn2-c2ccc(F)cc2)N2CCCC2)cc1. The molecule has 6 nitrogen and oxygen atoms in total. The van der Waals surface area contributed by atoms with E-state index in [0.29, 0.717) is 17.9 Å². The summed E-state index contributed by atoms with van der Waals surface area (Å²) in [5.41, 5.74) is 2.24. The Labute approximate surface area is 175 Å². The van der Waals surface area contributed by atoms with E-state index in [1.54, 1.807) is 30.1 Å². The quantitative estimate of drug-likeness (QED) is 0.649. The minimum atomic E-state index is -0.321. The van der Waals surface area contributed by atoms with Gasteiger partial charge in [-0.15, -0.1) is 0 Å². The van der Waals surface area contributed by atoms with Crippen LogP contribution in [0.2, 0.25) is 0 Å². The molecule has 2 aromatic carbocycles. The van der Waals surface area contributed by atoms with Crippen molar-refractivity contribution in [2.45, 2.75) is 18.9 Å². The molecule has 0 saturated carbocycles. The van der Waals surface area contributed by atoms with Crippen molar-refractivity contribution in [1.29, 1.82) is 0 Å². The van der Waals surface area contributed by atoms with Crippen LogP contribution in [0.5, 0.6) is 5.75 Å². The Kier molecular flexibility index (Phi) is 6.09. The van der Waals surface area contributed by atoms with Crippen LogP contribution >= 0.6 is 0 Å². The Hall–Kier alpha value is -3.19. The van der Waals surface area contributed by atoms with Gasteiger partial charge in [0.2, 0.25) is 0 Å². The van der Waals surface area contributed by atoms with Gasteiger partial charge in [-0.05, 0) is 67.9 Å². The number of likely N-dealkylation sites (tertiary alicyclic amines) is 1. The van der Waals surface area contributed by atoms with Crippen LogP contribution in [0, 0.1) is 5.82 Å². The van der Waals surface area contributed by atoms with Crippen molar-refractivity contribution in [2.24, 2.45) is 0 Å². The molecule has 30 heavy (non-hydrogen) atoms. The van der Waals surface area contributed by atoms with Crippen molar-refractivity contribution in [2.75, 3.05) is 26.7 Å². The van der Waals surface area contributed by atoms with Crippen LogP contribution in [-0.2, 0) is 0 Å². The molecule has 1 N–H and O–H groups in total. The molecule has 0 aliphatic carbocycles. The first kappa shape index (κ1) is 20.1. The van der Waals surface area contributed by atoms with Gasteiger partial charge in [0.1, 0.15) is 17.3 Å². The molecule has 156 valence electrons. The summed E-state index contributed by atoms with van der Waals surface area (Å²) in [6, 6.07) is 14.1. The zero-order valence-electron chi connectivity index (χ0n) is 16.9. The lowest BCUT2D eigenvalue weighted by molar-refractivity contribution is 0.0931. The van der Waals surface area contributed by atoms with E-state index in [1.165, 1.54) is 18.3 Å². The second-order valence-corrected chi connectivity index (χ2v) is 7.37. The Bertz CT molecular complexity index is 979. The molecule has 1 unspecified atom stereocenters. The number of carbonyl (C=O) groups is 1. The summed E-state index contributed by atoms with van der Waals surface area (Å²) < 4.78 is 20.2. The fourth-order valence-electron chi connectivity index (χ4n) is 3.89. The predicted octanol–water partition coefficient (Wildman–Crippen LogP) is 3.59. The van der Waals surface area contributed by atoms with Gasteiger partial charge in [-0.3, -0.25) is 14.3 Å². The second-order valence-electron chi connectivity index (χ2n) is 7.37. The number of aromatic nitrogens is 2. The molecule has 2 heterocycles. The predicted molar refractivity (Wildman–Crippen MR) is 112 cm³/mol. The average Bonchev–Trinajstić information content (AvgIpc) is 3.47. The Balaban J connectivity index is 1.50. The highest BCUT2D eigenvalue weighted by molar-refractivity contribution is 5.93. The Morgan fingerprint density at radius 1 is 1.13 bits per heavy atom. The maximum Gasteiger partial charge on any atom is 0.269 e. The number of benzene rings is 2. The third-order valence-corrected chi connectivity index (χ3v) is 5.51. The summed E-state index contributed by atoms with van der Waals surface area (Å²) in [7, 11) is 1.65. The zero-order valence-corrected chi connectivity index (χ0v) is 16.9. The fraction of sp³-hybridized carbons (Fsp3) is 0.304. The first-order valence-electron chi connectivity index (χ1n) is 10.1. The molecule has 3 aromatic rings. The number of hydrogen-bond acceptors (Lipinski definition) is 4. The molecule has 1 aliphatic rings. The lowest BCUT2D eigenvalue weighted by atomic mass is 10.1. The van der Waals surface area contributed by atoms with Crippen LogP contribution in [0.15, 0.2) is 61.1 Å². The van der Waals surface area contributed by atoms with Gasteiger partial charge >= 0.3 is 0 Å². The van der Waals surface area contributed by atoms with Gasteiger partial charge in [-0.1, -0.05) is 12.1 Å². The summed E-state index contributed by atoms with van der Waals surface area (Å²) in [5, 5.41) is 3.06. The standard InChI is InChI=1S/C23H25FN4O2/c1-30-20-10-4-17(5-11-20)21(27-12-2-3-13-27)15-26-23(29)22-14-25-16-28(22)19-8-6-18(24)7-9-19/h4-11,14,16,21H,2-3,12-13,15H2,1H3,(H,26,29). The second kappa shape index (κ2) is 9.09. The number of nitrogens with one attached hydrogen (secondary N) is 1. The molecular formula is C23H25FN4O2. The molecular weight excluding hydrogens is 383 g/mol. The summed E-state index contributed by atoms with van der Waals surface area (Å²) >= 11 is 0. The van der Waals surface area contributed by atoms with Crippen molar-refractivity contribution >= 4 is 5.91 Å². The largest absolute Gasteiger partial charge is 0.497 e. The van der Waals surface area contributed by atoms with Crippen LogP contribution < -0.4 is 10.1 Å². The number of amides is 1. The minimum Gasteiger partial charge on any atom is -0.497 e. The fourth-order valence-corrected chi connectivity index (χ4v) is 3.89. The summed E-state index contributed by atoms with van der Waals surface area (Å²) in [5.74, 6) is 0.276. The van der Waals surface area contributed by atoms with Gasteiger partial charge in [-0.2, -0.15) is 0 Å². The monoisotopic (exact) mass is 408 g/mol. The van der Waals surface area contributed by atoms with Gasteiger partial charge in [0.25, 0.3) is 5.91 Å². The average molecular weight is 408 g/mol. The van der Waals surface area contributed by atoms with Gasteiger partial charge in [0.05, 0.1) is 25.7 Å². The molecule has 1 aliphatic heterocycles. The molecule has 0 spiro atoms. The Morgan fingerprint density at radius 2 is 1.83 bits per heavy atom. The third-order valence-electron chi connectivity index (χ3n) is 5.51. The molecule has 1 atom stereocenters. The number of ether oxygens (including phenoxy) is 1. The van der Waals surface area contributed by atoms with Gasteiger partial charge in [0.15, 0.2) is 0 Å². The van der Waals surface area contributed by atoms with E-state index in [4.69, 9.17) is 4.74 Å². The number of methoxy groups -OCH3 is 1. The van der Waals surface area contributed by atoms with Crippen molar-refractivity contribution in [1.82, 2.24) is 19.8 Å². The van der Waals surface area contributed by atoms with E-state index in [-0.39, 0.29) is 17.8 Å². The van der Waals surface area contributed by atoms with Crippen LogP contribution in [0.1, 0.15) is 34.9 Å². The smallest absolute Gasteiger partial charge is 0.269 e. The van der Waals surface area contributed by atoms with E-state index >= 15 is 0 Å². The summed E-state index contributed by atoms with van der Waals surface area (Å²) in [6.07, 6.45) is 5.41. The van der Waals surface area contributed by atoms with Crippen molar-refractivity contribution in [3.05, 3.63) is 78.1 Å². The number of rotatable bonds is 7. The maximum atomic E-state index is 13.2. The molecule has 1 amide bonds. The summed E-state index contributed by atoms with van der Waals surface area (Å²) in [6.45, 7) is 2.51. The Morgan fingerprint density at radius 3 is 2.50 bits per heavy atom. The molecule has 1 aromatic heterocycles. The first-order chi connectivity index (χ1) is 14.7. The minimum absolute atomic E-state index is 0.0875. The zero-order chi connectivity index (χ0) is 20.9. The van der Waals surface area contributed by atoms with Crippen LogP contribution in [-0.4, -0.2) is 47.1 Å². The topological polar surface area (TPSA) is 59.4 Å². The molecule has 1 saturated heterocycles. The van der Waals surface area contributed by atoms with E-state index in [1.807, 2.05) is 12.1 Å². The van der Waals surface area contributed by atoms with E-state index < -0.39 is 0 Å². The van der Waals surface area contributed by atoms with Crippen LogP contribution in [0.4, 0.5) is 4.39 Å². The third kappa shape index (κ3) is 4.36. The lowest BCUT2D eigenvalue weighted by Gasteiger charge is -2.28. The van der Waals surface area contributed by atoms with E-state index in [9.17, 15) is 9.18 Å². The molecule has 0 radical (unpaired) electrons.